The largest absolute Gasteiger partial charge is 0.338 e. The van der Waals surface area contributed by atoms with Crippen molar-refractivity contribution in [1.29, 1.82) is 0 Å². The Labute approximate surface area is 94.7 Å². The maximum Gasteiger partial charge on any atom is 0.338 e. The van der Waals surface area contributed by atoms with E-state index in [1.54, 1.807) is 13.8 Å². The summed E-state index contributed by atoms with van der Waals surface area (Å²) in [4.78, 5) is 39.0. The van der Waals surface area contributed by atoms with Gasteiger partial charge in [-0.15, -0.1) is 5.06 Å². The van der Waals surface area contributed by atoms with E-state index in [0.29, 0.717) is 11.5 Å². The van der Waals surface area contributed by atoms with Gasteiger partial charge in [-0.3, -0.25) is 9.59 Å². The molecule has 0 atom stereocenters. The standard InChI is InChI=1S/C11H17NO4/c1-4-7-11(2,3)10(15)16-12-8(13)5-6-9(12)14/h4-7H2,1-3H3. The molecule has 1 rings (SSSR count). The molecule has 0 bridgehead atoms. The van der Waals surface area contributed by atoms with E-state index in [2.05, 4.69) is 0 Å². The maximum absolute atomic E-state index is 11.7. The molecule has 0 aromatic heterocycles. The molecule has 0 radical (unpaired) electrons. The number of carbonyl (C=O) groups is 3. The summed E-state index contributed by atoms with van der Waals surface area (Å²) in [6, 6.07) is 0. The third-order valence-corrected chi connectivity index (χ3v) is 2.61. The van der Waals surface area contributed by atoms with Crippen molar-refractivity contribution in [3.8, 4) is 0 Å². The topological polar surface area (TPSA) is 63.7 Å². The minimum Gasteiger partial charge on any atom is -0.330 e. The van der Waals surface area contributed by atoms with Crippen LogP contribution in [-0.2, 0) is 19.2 Å². The van der Waals surface area contributed by atoms with Gasteiger partial charge in [0.2, 0.25) is 0 Å². The Morgan fingerprint density at radius 2 is 1.81 bits per heavy atom. The smallest absolute Gasteiger partial charge is 0.330 e. The maximum atomic E-state index is 11.7. The fourth-order valence-corrected chi connectivity index (χ4v) is 1.59. The highest BCUT2D eigenvalue weighted by Gasteiger charge is 2.37. The molecule has 0 saturated carbocycles. The van der Waals surface area contributed by atoms with Gasteiger partial charge in [0.1, 0.15) is 0 Å². The Bertz CT molecular complexity index is 306. The lowest BCUT2D eigenvalue weighted by Crippen LogP contribution is -2.37. The molecule has 1 fully saturated rings. The average molecular weight is 227 g/mol. The van der Waals surface area contributed by atoms with E-state index in [-0.39, 0.29) is 12.8 Å². The van der Waals surface area contributed by atoms with Crippen LogP contribution in [0.4, 0.5) is 0 Å². The van der Waals surface area contributed by atoms with Gasteiger partial charge >= 0.3 is 5.97 Å². The van der Waals surface area contributed by atoms with E-state index < -0.39 is 23.2 Å². The Morgan fingerprint density at radius 3 is 2.25 bits per heavy atom. The van der Waals surface area contributed by atoms with E-state index in [9.17, 15) is 14.4 Å². The van der Waals surface area contributed by atoms with Crippen molar-refractivity contribution in [3.05, 3.63) is 0 Å². The molecule has 2 amide bonds. The third-order valence-electron chi connectivity index (χ3n) is 2.61. The molecule has 5 nitrogen and oxygen atoms in total. The number of carbonyl (C=O) groups excluding carboxylic acids is 3. The molecule has 0 aliphatic carbocycles. The van der Waals surface area contributed by atoms with Gasteiger partial charge in [0.05, 0.1) is 5.41 Å². The van der Waals surface area contributed by atoms with Crippen molar-refractivity contribution < 1.29 is 19.2 Å². The van der Waals surface area contributed by atoms with Crippen LogP contribution in [0.25, 0.3) is 0 Å². The molecule has 0 spiro atoms. The second-order valence-corrected chi connectivity index (χ2v) is 4.59. The Morgan fingerprint density at radius 1 is 1.31 bits per heavy atom. The lowest BCUT2D eigenvalue weighted by Gasteiger charge is -2.23. The van der Waals surface area contributed by atoms with Gasteiger partial charge in [-0.25, -0.2) is 4.79 Å². The minimum absolute atomic E-state index is 0.125. The Kier molecular flexibility index (Phi) is 3.67. The summed E-state index contributed by atoms with van der Waals surface area (Å²) in [6.45, 7) is 5.44. The quantitative estimate of drug-likeness (QED) is 0.681. The minimum atomic E-state index is -0.669. The predicted molar refractivity (Wildman–Crippen MR) is 55.9 cm³/mol. The van der Waals surface area contributed by atoms with E-state index in [1.807, 2.05) is 6.92 Å². The average Bonchev–Trinajstić information content (AvgIpc) is 2.49. The van der Waals surface area contributed by atoms with Gasteiger partial charge in [-0.1, -0.05) is 13.3 Å². The molecule has 1 aliphatic heterocycles. The highest BCUT2D eigenvalue weighted by Crippen LogP contribution is 2.25. The first-order valence-corrected chi connectivity index (χ1v) is 5.46. The molecular formula is C11H17NO4. The predicted octanol–water partition coefficient (Wildman–Crippen LogP) is 1.42. The lowest BCUT2D eigenvalue weighted by atomic mass is 9.88. The van der Waals surface area contributed by atoms with Crippen LogP contribution in [0.5, 0.6) is 0 Å². The number of nitrogens with zero attached hydrogens (tertiary/aromatic N) is 1. The Balaban J connectivity index is 2.63. The van der Waals surface area contributed by atoms with Gasteiger partial charge < -0.3 is 4.84 Å². The molecule has 1 saturated heterocycles. The molecule has 0 unspecified atom stereocenters. The fraction of sp³-hybridized carbons (Fsp3) is 0.727. The Hall–Kier alpha value is -1.39. The summed E-state index contributed by atoms with van der Waals surface area (Å²) in [7, 11) is 0. The zero-order chi connectivity index (χ0) is 12.3. The van der Waals surface area contributed by atoms with Crippen LogP contribution < -0.4 is 0 Å². The highest BCUT2D eigenvalue weighted by molar-refractivity contribution is 6.01. The molecule has 1 aliphatic rings. The van der Waals surface area contributed by atoms with E-state index >= 15 is 0 Å². The van der Waals surface area contributed by atoms with Crippen molar-refractivity contribution in [2.75, 3.05) is 0 Å². The molecular weight excluding hydrogens is 210 g/mol. The summed E-state index contributed by atoms with van der Waals surface area (Å²) in [6.07, 6.45) is 1.74. The van der Waals surface area contributed by atoms with Crippen LogP contribution in [-0.4, -0.2) is 22.8 Å². The third kappa shape index (κ3) is 2.59. The van der Waals surface area contributed by atoms with Crippen molar-refractivity contribution >= 4 is 17.8 Å². The fourth-order valence-electron chi connectivity index (χ4n) is 1.59. The van der Waals surface area contributed by atoms with Gasteiger partial charge in [0.25, 0.3) is 11.8 Å². The number of imide groups is 1. The normalized spacial score (nSPS) is 16.8. The van der Waals surface area contributed by atoms with Crippen LogP contribution in [0.15, 0.2) is 0 Å². The summed E-state index contributed by atoms with van der Waals surface area (Å²) >= 11 is 0. The first-order valence-electron chi connectivity index (χ1n) is 5.46. The molecule has 0 N–H and O–H groups in total. The van der Waals surface area contributed by atoms with Crippen LogP contribution >= 0.6 is 0 Å². The van der Waals surface area contributed by atoms with Crippen molar-refractivity contribution in [2.24, 2.45) is 5.41 Å². The number of hydrogen-bond donors (Lipinski definition) is 0. The second kappa shape index (κ2) is 4.63. The highest BCUT2D eigenvalue weighted by atomic mass is 16.7. The first-order chi connectivity index (χ1) is 7.38. The van der Waals surface area contributed by atoms with Crippen molar-refractivity contribution in [1.82, 2.24) is 5.06 Å². The monoisotopic (exact) mass is 227 g/mol. The number of amides is 2. The molecule has 1 heterocycles. The summed E-state index contributed by atoms with van der Waals surface area (Å²) in [5.41, 5.74) is -0.669. The molecule has 90 valence electrons. The van der Waals surface area contributed by atoms with Gasteiger partial charge in [-0.2, -0.15) is 0 Å². The summed E-state index contributed by atoms with van der Waals surface area (Å²) in [5, 5.41) is 0.597. The van der Waals surface area contributed by atoms with Gasteiger partial charge in [0, 0.05) is 12.8 Å². The van der Waals surface area contributed by atoms with E-state index in [1.165, 1.54) is 0 Å². The summed E-state index contributed by atoms with van der Waals surface area (Å²) < 4.78 is 0. The number of rotatable bonds is 4. The first kappa shape index (κ1) is 12.7. The zero-order valence-electron chi connectivity index (χ0n) is 9.91. The van der Waals surface area contributed by atoms with Crippen molar-refractivity contribution in [2.45, 2.75) is 46.5 Å². The number of hydrogen-bond acceptors (Lipinski definition) is 4. The van der Waals surface area contributed by atoms with E-state index in [4.69, 9.17) is 4.84 Å². The SMILES string of the molecule is CCCC(C)(C)C(=O)ON1C(=O)CCC1=O. The second-order valence-electron chi connectivity index (χ2n) is 4.59. The molecule has 16 heavy (non-hydrogen) atoms. The van der Waals surface area contributed by atoms with Crippen LogP contribution in [0.3, 0.4) is 0 Å². The van der Waals surface area contributed by atoms with Crippen LogP contribution in [0.1, 0.15) is 46.5 Å². The molecule has 0 aromatic rings. The lowest BCUT2D eigenvalue weighted by molar-refractivity contribution is -0.204. The zero-order valence-corrected chi connectivity index (χ0v) is 9.91. The summed E-state index contributed by atoms with van der Waals surface area (Å²) in [5.74, 6) is -1.41. The van der Waals surface area contributed by atoms with Crippen molar-refractivity contribution in [3.63, 3.8) is 0 Å². The number of hydroxylamine groups is 2. The molecule has 5 heteroatoms. The molecule has 0 aromatic carbocycles. The van der Waals surface area contributed by atoms with Crippen LogP contribution in [0, 0.1) is 5.41 Å². The van der Waals surface area contributed by atoms with E-state index in [0.717, 1.165) is 6.42 Å². The van der Waals surface area contributed by atoms with Gasteiger partial charge in [-0.05, 0) is 20.3 Å². The van der Waals surface area contributed by atoms with Crippen LogP contribution in [0.2, 0.25) is 0 Å². The van der Waals surface area contributed by atoms with Gasteiger partial charge in [0.15, 0.2) is 0 Å².